The molecule has 0 saturated heterocycles. The average Bonchev–Trinajstić information content (AvgIpc) is 2.98. The molecule has 0 radical (unpaired) electrons. The summed E-state index contributed by atoms with van der Waals surface area (Å²) in [5, 5.41) is 13.0. The fraction of sp³-hybridized carbons (Fsp3) is 0. The first kappa shape index (κ1) is 17.8. The number of nitro benzene ring substituents is 1. The van der Waals surface area contributed by atoms with Crippen molar-refractivity contribution in [3.63, 3.8) is 0 Å². The van der Waals surface area contributed by atoms with Gasteiger partial charge in [0.25, 0.3) is 17.5 Å². The number of carbonyl (C=O) groups is 2. The highest BCUT2D eigenvalue weighted by atomic mass is 16.6. The molecule has 2 amide bonds. The monoisotopic (exact) mass is 361 g/mol. The van der Waals surface area contributed by atoms with Crippen molar-refractivity contribution >= 4 is 23.2 Å². The van der Waals surface area contributed by atoms with E-state index in [9.17, 15) is 19.7 Å². The standard InChI is InChI=1S/C12H9NO2.C8H6N2O2/c14-13(15)12-9-5-4-8-11(12)10-6-2-1-3-7-10;9-5-3-1-2-4-6(5)8(12)10-7(4)11/h1-9H;1-3H,9H2,(H,10,11,12). The lowest BCUT2D eigenvalue weighted by atomic mass is 10.0. The third kappa shape index (κ3) is 3.67. The van der Waals surface area contributed by atoms with E-state index >= 15 is 0 Å². The number of carbonyl (C=O) groups excluding carboxylic acids is 2. The second-order valence-corrected chi connectivity index (χ2v) is 5.69. The van der Waals surface area contributed by atoms with Gasteiger partial charge in [0.2, 0.25) is 0 Å². The van der Waals surface area contributed by atoms with Gasteiger partial charge >= 0.3 is 0 Å². The molecule has 7 nitrogen and oxygen atoms in total. The third-order valence-corrected chi connectivity index (χ3v) is 3.98. The minimum Gasteiger partial charge on any atom is -0.398 e. The van der Waals surface area contributed by atoms with Gasteiger partial charge in [-0.05, 0) is 23.8 Å². The maximum atomic E-state index is 11.1. The van der Waals surface area contributed by atoms with Crippen LogP contribution in [-0.4, -0.2) is 16.7 Å². The van der Waals surface area contributed by atoms with Crippen molar-refractivity contribution in [1.82, 2.24) is 5.32 Å². The summed E-state index contributed by atoms with van der Waals surface area (Å²) in [5.74, 6) is -0.782. The Morgan fingerprint density at radius 1 is 0.778 bits per heavy atom. The minimum atomic E-state index is -0.409. The molecular weight excluding hydrogens is 346 g/mol. The van der Waals surface area contributed by atoms with E-state index in [0.29, 0.717) is 22.4 Å². The van der Waals surface area contributed by atoms with Crippen LogP contribution in [0.3, 0.4) is 0 Å². The fourth-order valence-electron chi connectivity index (χ4n) is 2.74. The van der Waals surface area contributed by atoms with Gasteiger partial charge in [-0.15, -0.1) is 0 Å². The van der Waals surface area contributed by atoms with Crippen molar-refractivity contribution in [2.45, 2.75) is 0 Å². The van der Waals surface area contributed by atoms with Crippen molar-refractivity contribution in [3.8, 4) is 11.1 Å². The fourth-order valence-corrected chi connectivity index (χ4v) is 2.74. The van der Waals surface area contributed by atoms with Crippen LogP contribution in [0.5, 0.6) is 0 Å². The Morgan fingerprint density at radius 2 is 1.41 bits per heavy atom. The molecule has 0 bridgehead atoms. The molecule has 0 aliphatic carbocycles. The maximum Gasteiger partial charge on any atom is 0.277 e. The summed E-state index contributed by atoms with van der Waals surface area (Å²) in [4.78, 5) is 32.6. The maximum absolute atomic E-state index is 11.1. The zero-order valence-corrected chi connectivity index (χ0v) is 14.1. The highest BCUT2D eigenvalue weighted by Crippen LogP contribution is 2.28. The number of rotatable bonds is 2. The van der Waals surface area contributed by atoms with Gasteiger partial charge in [0.15, 0.2) is 0 Å². The number of anilines is 1. The summed E-state index contributed by atoms with van der Waals surface area (Å²) in [7, 11) is 0. The predicted octanol–water partition coefficient (Wildman–Crippen LogP) is 3.41. The van der Waals surface area contributed by atoms with Crippen LogP contribution in [0, 0.1) is 10.1 Å². The second-order valence-electron chi connectivity index (χ2n) is 5.69. The lowest BCUT2D eigenvalue weighted by molar-refractivity contribution is -0.384. The number of nitrogens with one attached hydrogen (secondary N) is 1. The number of nitrogens with zero attached hydrogens (tertiary/aromatic N) is 1. The smallest absolute Gasteiger partial charge is 0.277 e. The van der Waals surface area contributed by atoms with E-state index < -0.39 is 5.91 Å². The van der Waals surface area contributed by atoms with Crippen LogP contribution in [0.25, 0.3) is 11.1 Å². The Hall–Kier alpha value is -4.00. The molecule has 1 aliphatic heterocycles. The number of hydrogen-bond donors (Lipinski definition) is 2. The van der Waals surface area contributed by atoms with Crippen LogP contribution in [0.4, 0.5) is 11.4 Å². The number of amides is 2. The molecule has 1 heterocycles. The Kier molecular flexibility index (Phi) is 4.94. The quantitative estimate of drug-likeness (QED) is 0.314. The number of nitro groups is 1. The topological polar surface area (TPSA) is 115 Å². The van der Waals surface area contributed by atoms with Gasteiger partial charge in [0.05, 0.1) is 21.6 Å². The summed E-state index contributed by atoms with van der Waals surface area (Å²) < 4.78 is 0. The number of imide groups is 1. The van der Waals surface area contributed by atoms with E-state index in [1.807, 2.05) is 30.3 Å². The molecule has 0 unspecified atom stereocenters. The molecule has 3 aromatic carbocycles. The zero-order chi connectivity index (χ0) is 19.4. The van der Waals surface area contributed by atoms with Crippen molar-refractivity contribution < 1.29 is 14.5 Å². The van der Waals surface area contributed by atoms with Crippen LogP contribution < -0.4 is 11.1 Å². The van der Waals surface area contributed by atoms with Gasteiger partial charge in [0, 0.05) is 11.8 Å². The predicted molar refractivity (Wildman–Crippen MR) is 101 cm³/mol. The van der Waals surface area contributed by atoms with Crippen LogP contribution >= 0.6 is 0 Å². The molecule has 0 saturated carbocycles. The number of nitrogen functional groups attached to an aromatic ring is 1. The molecule has 134 valence electrons. The lowest BCUT2D eigenvalue weighted by Crippen LogP contribution is -2.20. The first-order chi connectivity index (χ1) is 13.0. The van der Waals surface area contributed by atoms with Crippen LogP contribution in [-0.2, 0) is 0 Å². The van der Waals surface area contributed by atoms with E-state index in [0.717, 1.165) is 5.56 Å². The number of para-hydroxylation sites is 1. The Balaban J connectivity index is 0.000000159. The van der Waals surface area contributed by atoms with E-state index in [1.165, 1.54) is 6.07 Å². The average molecular weight is 361 g/mol. The van der Waals surface area contributed by atoms with E-state index in [-0.39, 0.29) is 16.5 Å². The van der Waals surface area contributed by atoms with Gasteiger partial charge in [0.1, 0.15) is 0 Å². The van der Waals surface area contributed by atoms with Crippen molar-refractivity contribution in [2.75, 3.05) is 5.73 Å². The molecule has 0 fully saturated rings. The Labute approximate surface area is 154 Å². The Morgan fingerprint density at radius 3 is 2.07 bits per heavy atom. The summed E-state index contributed by atoms with van der Waals surface area (Å²) >= 11 is 0. The normalized spacial score (nSPS) is 11.9. The lowest BCUT2D eigenvalue weighted by Gasteiger charge is -2.01. The minimum absolute atomic E-state index is 0.142. The van der Waals surface area contributed by atoms with Crippen LogP contribution in [0.2, 0.25) is 0 Å². The second kappa shape index (κ2) is 7.49. The van der Waals surface area contributed by atoms with Crippen molar-refractivity contribution in [1.29, 1.82) is 0 Å². The van der Waals surface area contributed by atoms with Gasteiger partial charge in [-0.1, -0.05) is 48.5 Å². The van der Waals surface area contributed by atoms with Gasteiger partial charge in [-0.2, -0.15) is 0 Å². The summed E-state index contributed by atoms with van der Waals surface area (Å²) in [6.07, 6.45) is 0. The SMILES string of the molecule is Nc1cccc2c1C(=O)NC2=O.O=[N+]([O-])c1ccccc1-c1ccccc1. The highest BCUT2D eigenvalue weighted by molar-refractivity contribution is 6.23. The number of benzene rings is 3. The summed E-state index contributed by atoms with van der Waals surface area (Å²) in [6.45, 7) is 0. The van der Waals surface area contributed by atoms with Crippen LogP contribution in [0.1, 0.15) is 20.7 Å². The molecule has 1 aliphatic rings. The van der Waals surface area contributed by atoms with Crippen LogP contribution in [0.15, 0.2) is 72.8 Å². The molecular formula is C20H15N3O4. The molecule has 4 rings (SSSR count). The Bertz CT molecular complexity index is 1030. The first-order valence-electron chi connectivity index (χ1n) is 8.02. The summed E-state index contributed by atoms with van der Waals surface area (Å²) in [6, 6.07) is 20.9. The van der Waals surface area contributed by atoms with Gasteiger partial charge < -0.3 is 5.73 Å². The molecule has 0 atom stereocenters. The molecule has 0 spiro atoms. The molecule has 3 aromatic rings. The molecule has 3 N–H and O–H groups in total. The number of fused-ring (bicyclic) bond motifs is 1. The third-order valence-electron chi connectivity index (χ3n) is 3.98. The highest BCUT2D eigenvalue weighted by Gasteiger charge is 2.28. The molecule has 0 aromatic heterocycles. The van der Waals surface area contributed by atoms with Gasteiger partial charge in [-0.25, -0.2) is 0 Å². The number of nitrogens with two attached hydrogens (primary N) is 1. The van der Waals surface area contributed by atoms with E-state index in [2.05, 4.69) is 5.32 Å². The van der Waals surface area contributed by atoms with Crippen molar-refractivity contribution in [3.05, 3.63) is 94.0 Å². The first-order valence-corrected chi connectivity index (χ1v) is 8.02. The largest absolute Gasteiger partial charge is 0.398 e. The zero-order valence-electron chi connectivity index (χ0n) is 14.1. The molecule has 7 heteroatoms. The molecule has 27 heavy (non-hydrogen) atoms. The summed E-state index contributed by atoms with van der Waals surface area (Å²) in [5.41, 5.74) is 8.17. The van der Waals surface area contributed by atoms with Crippen molar-refractivity contribution in [2.24, 2.45) is 0 Å². The van der Waals surface area contributed by atoms with E-state index in [1.54, 1.807) is 36.4 Å². The van der Waals surface area contributed by atoms with Gasteiger partial charge in [-0.3, -0.25) is 25.0 Å². The number of hydrogen-bond acceptors (Lipinski definition) is 5. The van der Waals surface area contributed by atoms with E-state index in [4.69, 9.17) is 5.73 Å².